The van der Waals surface area contributed by atoms with Crippen LogP contribution in [0.4, 0.5) is 0 Å². The lowest BCUT2D eigenvalue weighted by molar-refractivity contribution is 0.392. The van der Waals surface area contributed by atoms with E-state index >= 15 is 0 Å². The lowest BCUT2D eigenvalue weighted by atomic mass is 10.1. The van der Waals surface area contributed by atoms with Gasteiger partial charge in [0.05, 0.1) is 14.2 Å². The first-order valence-corrected chi connectivity index (χ1v) is 4.40. The maximum Gasteiger partial charge on any atom is 0.122 e. The van der Waals surface area contributed by atoms with Crippen LogP contribution in [0.15, 0.2) is 18.2 Å². The van der Waals surface area contributed by atoms with Crippen LogP contribution in [-0.2, 0) is 0 Å². The van der Waals surface area contributed by atoms with Gasteiger partial charge in [-0.1, -0.05) is 0 Å². The number of hydrogen-bond donors (Lipinski definition) is 2. The summed E-state index contributed by atoms with van der Waals surface area (Å²) in [5.74, 6) is 6.89. The van der Waals surface area contributed by atoms with Crippen LogP contribution in [0.3, 0.4) is 0 Å². The molecule has 1 aromatic carbocycles. The summed E-state index contributed by atoms with van der Waals surface area (Å²) in [6.07, 6.45) is 0. The maximum atomic E-state index is 5.36. The van der Waals surface area contributed by atoms with Crippen molar-refractivity contribution >= 4 is 0 Å². The number of benzene rings is 1. The van der Waals surface area contributed by atoms with Crippen molar-refractivity contribution < 1.29 is 9.47 Å². The van der Waals surface area contributed by atoms with Crippen molar-refractivity contribution in [1.82, 2.24) is 5.43 Å². The smallest absolute Gasteiger partial charge is 0.122 e. The van der Waals surface area contributed by atoms with Crippen molar-refractivity contribution in [2.75, 3.05) is 14.2 Å². The van der Waals surface area contributed by atoms with E-state index in [2.05, 4.69) is 5.43 Å². The van der Waals surface area contributed by atoms with Gasteiger partial charge in [-0.25, -0.2) is 0 Å². The van der Waals surface area contributed by atoms with Gasteiger partial charge < -0.3 is 9.47 Å². The molecule has 0 saturated heterocycles. The fourth-order valence-electron chi connectivity index (χ4n) is 1.18. The molecule has 3 N–H and O–H groups in total. The van der Waals surface area contributed by atoms with Crippen molar-refractivity contribution in [3.05, 3.63) is 23.8 Å². The normalized spacial score (nSPS) is 12.3. The molecule has 1 rings (SSSR count). The molecule has 0 unspecified atom stereocenters. The van der Waals surface area contributed by atoms with Crippen LogP contribution >= 0.6 is 0 Å². The van der Waals surface area contributed by atoms with Crippen LogP contribution in [0.1, 0.15) is 18.5 Å². The molecule has 0 heterocycles. The van der Waals surface area contributed by atoms with Crippen LogP contribution in [0.5, 0.6) is 11.5 Å². The summed E-state index contributed by atoms with van der Waals surface area (Å²) in [7, 11) is 3.25. The third kappa shape index (κ3) is 2.37. The van der Waals surface area contributed by atoms with E-state index in [0.29, 0.717) is 0 Å². The molecule has 0 fully saturated rings. The van der Waals surface area contributed by atoms with E-state index in [0.717, 1.165) is 17.1 Å². The highest BCUT2D eigenvalue weighted by molar-refractivity contribution is 5.39. The molecule has 4 heteroatoms. The highest BCUT2D eigenvalue weighted by atomic mass is 16.5. The van der Waals surface area contributed by atoms with Crippen LogP contribution < -0.4 is 20.7 Å². The zero-order chi connectivity index (χ0) is 10.6. The lowest BCUT2D eigenvalue weighted by Gasteiger charge is -2.13. The average Bonchev–Trinajstić information content (AvgIpc) is 2.27. The maximum absolute atomic E-state index is 5.36. The standard InChI is InChI=1S/C10H16N2O2/c1-7(12-11)8-4-9(13-2)6-10(5-8)14-3/h4-7,12H,11H2,1-3H3/t7-/m1/s1. The van der Waals surface area contributed by atoms with Crippen molar-refractivity contribution in [1.29, 1.82) is 0 Å². The molecule has 14 heavy (non-hydrogen) atoms. The van der Waals surface area contributed by atoms with Crippen molar-refractivity contribution in [2.45, 2.75) is 13.0 Å². The second-order valence-electron chi connectivity index (χ2n) is 3.03. The van der Waals surface area contributed by atoms with Gasteiger partial charge in [0.2, 0.25) is 0 Å². The van der Waals surface area contributed by atoms with E-state index in [1.165, 1.54) is 0 Å². The third-order valence-electron chi connectivity index (χ3n) is 2.12. The predicted molar refractivity (Wildman–Crippen MR) is 55.3 cm³/mol. The average molecular weight is 196 g/mol. The fourth-order valence-corrected chi connectivity index (χ4v) is 1.18. The fraction of sp³-hybridized carbons (Fsp3) is 0.400. The van der Waals surface area contributed by atoms with Crippen LogP contribution in [-0.4, -0.2) is 14.2 Å². The van der Waals surface area contributed by atoms with Gasteiger partial charge >= 0.3 is 0 Å². The summed E-state index contributed by atoms with van der Waals surface area (Å²) in [4.78, 5) is 0. The first kappa shape index (κ1) is 10.8. The van der Waals surface area contributed by atoms with Gasteiger partial charge in [0.15, 0.2) is 0 Å². The molecule has 0 aliphatic rings. The molecule has 0 aliphatic carbocycles. The number of rotatable bonds is 4. The van der Waals surface area contributed by atoms with Crippen molar-refractivity contribution in [2.24, 2.45) is 5.84 Å². The Morgan fingerprint density at radius 3 is 2.00 bits per heavy atom. The molecule has 0 spiro atoms. The molecule has 0 radical (unpaired) electrons. The third-order valence-corrected chi connectivity index (χ3v) is 2.12. The minimum absolute atomic E-state index is 0.0685. The number of ether oxygens (including phenoxy) is 2. The van der Waals surface area contributed by atoms with E-state index < -0.39 is 0 Å². The summed E-state index contributed by atoms with van der Waals surface area (Å²) in [6, 6.07) is 5.74. The Morgan fingerprint density at radius 1 is 1.14 bits per heavy atom. The van der Waals surface area contributed by atoms with Gasteiger partial charge in [-0.05, 0) is 24.6 Å². The largest absolute Gasteiger partial charge is 0.497 e. The minimum Gasteiger partial charge on any atom is -0.497 e. The van der Waals surface area contributed by atoms with Gasteiger partial charge in [-0.15, -0.1) is 0 Å². The van der Waals surface area contributed by atoms with E-state index in [1.54, 1.807) is 14.2 Å². The van der Waals surface area contributed by atoms with Crippen LogP contribution in [0.2, 0.25) is 0 Å². The Morgan fingerprint density at radius 2 is 1.64 bits per heavy atom. The van der Waals surface area contributed by atoms with E-state index in [4.69, 9.17) is 15.3 Å². The number of nitrogens with one attached hydrogen (secondary N) is 1. The van der Waals surface area contributed by atoms with E-state index in [9.17, 15) is 0 Å². The summed E-state index contributed by atoms with van der Waals surface area (Å²) in [5.41, 5.74) is 3.70. The Hall–Kier alpha value is -1.26. The molecule has 0 aliphatic heterocycles. The van der Waals surface area contributed by atoms with Crippen molar-refractivity contribution in [3.8, 4) is 11.5 Å². The highest BCUT2D eigenvalue weighted by Crippen LogP contribution is 2.25. The molecule has 78 valence electrons. The summed E-state index contributed by atoms with van der Waals surface area (Å²) < 4.78 is 10.3. The van der Waals surface area contributed by atoms with Gasteiger partial charge in [0, 0.05) is 12.1 Å². The quantitative estimate of drug-likeness (QED) is 0.561. The Bertz CT molecular complexity index is 280. The van der Waals surface area contributed by atoms with E-state index in [1.807, 2.05) is 25.1 Å². The number of methoxy groups -OCH3 is 2. The second kappa shape index (κ2) is 4.83. The SMILES string of the molecule is COc1cc(OC)cc([C@@H](C)NN)c1. The number of hydrogen-bond acceptors (Lipinski definition) is 4. The number of nitrogens with two attached hydrogens (primary N) is 1. The molecule has 1 atom stereocenters. The zero-order valence-electron chi connectivity index (χ0n) is 8.70. The van der Waals surface area contributed by atoms with Gasteiger partial charge in [-0.3, -0.25) is 11.3 Å². The highest BCUT2D eigenvalue weighted by Gasteiger charge is 2.06. The number of hydrazine groups is 1. The Balaban J connectivity index is 3.04. The molecule has 0 bridgehead atoms. The van der Waals surface area contributed by atoms with Gasteiger partial charge in [0.25, 0.3) is 0 Å². The summed E-state index contributed by atoms with van der Waals surface area (Å²) in [6.45, 7) is 1.97. The Labute approximate surface area is 84.0 Å². The molecule has 1 aromatic rings. The van der Waals surface area contributed by atoms with Crippen molar-refractivity contribution in [3.63, 3.8) is 0 Å². The lowest BCUT2D eigenvalue weighted by Crippen LogP contribution is -2.25. The molecule has 0 amide bonds. The first-order valence-electron chi connectivity index (χ1n) is 4.40. The first-order chi connectivity index (χ1) is 6.71. The van der Waals surface area contributed by atoms with Gasteiger partial charge in [-0.2, -0.15) is 0 Å². The molecule has 4 nitrogen and oxygen atoms in total. The summed E-state index contributed by atoms with van der Waals surface area (Å²) >= 11 is 0. The summed E-state index contributed by atoms with van der Waals surface area (Å²) in [5, 5.41) is 0. The second-order valence-corrected chi connectivity index (χ2v) is 3.03. The van der Waals surface area contributed by atoms with Crippen LogP contribution in [0, 0.1) is 0 Å². The molecule has 0 aromatic heterocycles. The van der Waals surface area contributed by atoms with Crippen LogP contribution in [0.25, 0.3) is 0 Å². The molecular formula is C10H16N2O2. The van der Waals surface area contributed by atoms with E-state index in [-0.39, 0.29) is 6.04 Å². The predicted octanol–water partition coefficient (Wildman–Crippen LogP) is 1.23. The zero-order valence-corrected chi connectivity index (χ0v) is 8.70. The van der Waals surface area contributed by atoms with Gasteiger partial charge in [0.1, 0.15) is 11.5 Å². The minimum atomic E-state index is 0.0685. The molecule has 0 saturated carbocycles. The monoisotopic (exact) mass is 196 g/mol. The topological polar surface area (TPSA) is 56.5 Å². The molecular weight excluding hydrogens is 180 g/mol. The Kier molecular flexibility index (Phi) is 3.73.